The second kappa shape index (κ2) is 16.9. The first-order valence-electron chi connectivity index (χ1n) is 10.7. The number of carbonyl (C=O) groups excluding carboxylic acids is 1. The average Bonchev–Trinajstić information content (AvgIpc) is 2.58. The molecule has 0 radical (unpaired) electrons. The van der Waals surface area contributed by atoms with Crippen LogP contribution in [0.2, 0.25) is 19.6 Å². The fourth-order valence-electron chi connectivity index (χ4n) is 2.93. The predicted octanol–water partition coefficient (Wildman–Crippen LogP) is 6.46. The zero-order valence-corrected chi connectivity index (χ0v) is 19.5. The first kappa shape index (κ1) is 26.7. The largest absolute Gasteiger partial charge is 0.365 e. The lowest BCUT2D eigenvalue weighted by molar-refractivity contribution is -0.929. The minimum Gasteiger partial charge on any atom is -0.365 e. The third-order valence-corrected chi connectivity index (χ3v) is 5.76. The Kier molecular flexibility index (Phi) is 18.1. The van der Waals surface area contributed by atoms with E-state index in [4.69, 9.17) is 0 Å². The third-order valence-electron chi connectivity index (χ3n) is 4.60. The van der Waals surface area contributed by atoms with Gasteiger partial charge >= 0.3 is 0 Å². The van der Waals surface area contributed by atoms with Gasteiger partial charge in [0.2, 0.25) is 0 Å². The van der Waals surface area contributed by atoms with Crippen molar-refractivity contribution >= 4 is 14.0 Å². The van der Waals surface area contributed by atoms with E-state index >= 15 is 0 Å². The number of hydrogen-bond donors (Lipinski definition) is 0. The summed E-state index contributed by atoms with van der Waals surface area (Å²) in [6, 6.07) is 1.96. The molecule has 0 bridgehead atoms. The molecule has 0 saturated heterocycles. The van der Waals surface area contributed by atoms with E-state index in [-0.39, 0.29) is 0 Å². The standard InChI is InChI=1S/C16H36N.C6H11OSi/c1-5-9-13-17(14-10-6-2,15-11-7-3)16-12-8-4;1-8(2,3)6-4-5-7/h5-16H2,1-4H3;4,6H,1-3H3/q+1;-1. The van der Waals surface area contributed by atoms with E-state index in [0.29, 0.717) is 0 Å². The molecule has 0 aromatic heterocycles. The monoisotopic (exact) mass is 369 g/mol. The van der Waals surface area contributed by atoms with Gasteiger partial charge in [-0.2, -0.15) is 6.08 Å². The first-order chi connectivity index (χ1) is 11.8. The Labute approximate surface area is 160 Å². The van der Waals surface area contributed by atoms with Crippen LogP contribution in [0.15, 0.2) is 6.08 Å². The highest BCUT2D eigenvalue weighted by molar-refractivity contribution is 6.80. The zero-order chi connectivity index (χ0) is 19.6. The molecule has 0 unspecified atom stereocenters. The number of allylic oxidation sites excluding steroid dienone is 1. The van der Waals surface area contributed by atoms with Crippen molar-refractivity contribution in [2.24, 2.45) is 0 Å². The van der Waals surface area contributed by atoms with E-state index in [9.17, 15) is 4.79 Å². The van der Waals surface area contributed by atoms with Gasteiger partial charge in [0.05, 0.1) is 26.2 Å². The molecule has 0 N–H and O–H groups in total. The highest BCUT2D eigenvalue weighted by atomic mass is 28.3. The van der Waals surface area contributed by atoms with Crippen molar-refractivity contribution in [2.45, 2.75) is 98.7 Å². The van der Waals surface area contributed by atoms with Crippen LogP contribution >= 0.6 is 0 Å². The molecule has 0 spiro atoms. The van der Waals surface area contributed by atoms with Gasteiger partial charge in [0.25, 0.3) is 0 Å². The van der Waals surface area contributed by atoms with Crippen molar-refractivity contribution in [3.8, 4) is 0 Å². The molecule has 25 heavy (non-hydrogen) atoms. The average molecular weight is 370 g/mol. The van der Waals surface area contributed by atoms with Crippen LogP contribution < -0.4 is 0 Å². The lowest BCUT2D eigenvalue weighted by Gasteiger charge is -2.39. The van der Waals surface area contributed by atoms with Crippen LogP contribution in [0, 0.1) is 6.04 Å². The molecule has 0 aliphatic carbocycles. The van der Waals surface area contributed by atoms with E-state index in [1.54, 1.807) is 5.94 Å². The molecule has 0 aliphatic rings. The van der Waals surface area contributed by atoms with Crippen LogP contribution in [-0.4, -0.2) is 44.7 Å². The number of unbranched alkanes of at least 4 members (excludes halogenated alkanes) is 4. The summed E-state index contributed by atoms with van der Waals surface area (Å²) in [5, 5.41) is 0. The van der Waals surface area contributed by atoms with Gasteiger partial charge in [0, 0.05) is 0 Å². The fraction of sp³-hybridized carbons (Fsp3) is 0.864. The topological polar surface area (TPSA) is 17.1 Å². The molecule has 0 saturated carbocycles. The van der Waals surface area contributed by atoms with Crippen molar-refractivity contribution in [3.63, 3.8) is 0 Å². The Morgan fingerprint density at radius 2 is 1.08 bits per heavy atom. The van der Waals surface area contributed by atoms with Crippen molar-refractivity contribution in [1.82, 2.24) is 0 Å². The Morgan fingerprint density at radius 1 is 0.760 bits per heavy atom. The molecule has 0 fully saturated rings. The number of nitrogens with zero attached hydrogens (tertiary/aromatic N) is 1. The maximum absolute atomic E-state index is 9.66. The summed E-state index contributed by atoms with van der Waals surface area (Å²) < 4.78 is 1.42. The van der Waals surface area contributed by atoms with Gasteiger partial charge in [-0.05, 0) is 33.8 Å². The molecule has 0 amide bonds. The summed E-state index contributed by atoms with van der Waals surface area (Å²) in [6.45, 7) is 21.5. The quantitative estimate of drug-likeness (QED) is 0.149. The van der Waals surface area contributed by atoms with Crippen molar-refractivity contribution < 1.29 is 9.28 Å². The lowest BCUT2D eigenvalue weighted by Crippen LogP contribution is -2.50. The van der Waals surface area contributed by atoms with E-state index in [1.807, 2.05) is 6.04 Å². The van der Waals surface area contributed by atoms with E-state index in [2.05, 4.69) is 47.3 Å². The van der Waals surface area contributed by atoms with Gasteiger partial charge in [-0.25, -0.2) is 6.04 Å². The smallest absolute Gasteiger partial charge is 0.0786 e. The van der Waals surface area contributed by atoms with Crippen molar-refractivity contribution in [1.29, 1.82) is 0 Å². The normalized spacial score (nSPS) is 11.3. The van der Waals surface area contributed by atoms with Crippen molar-refractivity contribution in [2.75, 3.05) is 26.2 Å². The number of rotatable bonds is 14. The summed E-state index contributed by atoms with van der Waals surface area (Å²) in [6.07, 6.45) is 12.5. The van der Waals surface area contributed by atoms with Crippen LogP contribution in [0.25, 0.3) is 0 Å². The molecule has 150 valence electrons. The van der Waals surface area contributed by atoms with Gasteiger partial charge in [0.1, 0.15) is 0 Å². The first-order valence-corrected chi connectivity index (χ1v) is 14.3. The molecule has 0 aromatic rings. The molecule has 2 nitrogen and oxygen atoms in total. The lowest BCUT2D eigenvalue weighted by atomic mass is 10.1. The number of quaternary nitrogens is 1. The highest BCUT2D eigenvalue weighted by Gasteiger charge is 2.24. The summed E-state index contributed by atoms with van der Waals surface area (Å²) in [4.78, 5) is 9.66. The molecule has 0 aliphatic heterocycles. The Morgan fingerprint density at radius 3 is 1.24 bits per heavy atom. The molecular formula is C22H47NOSi. The van der Waals surface area contributed by atoms with Gasteiger partial charge in [-0.3, -0.25) is 0 Å². The minimum atomic E-state index is -1.12. The SMILES string of the molecule is CCCC[N+](CCCC)(CCCC)CCCC.C[Si](C)(C)[CH-]C=C=O. The summed E-state index contributed by atoms with van der Waals surface area (Å²) in [7, 11) is -1.12. The maximum Gasteiger partial charge on any atom is 0.0786 e. The minimum absolute atomic E-state index is 1.12. The zero-order valence-electron chi connectivity index (χ0n) is 18.5. The van der Waals surface area contributed by atoms with Crippen LogP contribution in [-0.2, 0) is 4.79 Å². The summed E-state index contributed by atoms with van der Waals surface area (Å²) in [5.74, 6) is 1.73. The Balaban J connectivity index is 0. The Hall–Kier alpha value is -0.503. The van der Waals surface area contributed by atoms with Crippen molar-refractivity contribution in [3.05, 3.63) is 12.1 Å². The molecule has 0 rings (SSSR count). The van der Waals surface area contributed by atoms with E-state index in [0.717, 1.165) is 0 Å². The molecule has 0 heterocycles. The second-order valence-electron chi connectivity index (χ2n) is 8.47. The molecule has 3 heteroatoms. The van der Waals surface area contributed by atoms with Crippen LogP contribution in [0.4, 0.5) is 0 Å². The Bertz CT molecular complexity index is 292. The summed E-state index contributed by atoms with van der Waals surface area (Å²) in [5.41, 5.74) is 0. The molecule has 0 atom stereocenters. The third kappa shape index (κ3) is 18.1. The molecule has 0 aromatic carbocycles. The van der Waals surface area contributed by atoms with Gasteiger partial charge in [-0.15, -0.1) is 5.94 Å². The van der Waals surface area contributed by atoms with E-state index in [1.165, 1.54) is 88.1 Å². The summed E-state index contributed by atoms with van der Waals surface area (Å²) >= 11 is 0. The highest BCUT2D eigenvalue weighted by Crippen LogP contribution is 2.16. The van der Waals surface area contributed by atoms with E-state index < -0.39 is 8.07 Å². The fourth-order valence-corrected chi connectivity index (χ4v) is 3.50. The van der Waals surface area contributed by atoms with Crippen LogP contribution in [0.1, 0.15) is 79.1 Å². The van der Waals surface area contributed by atoms with Gasteiger partial charge < -0.3 is 9.28 Å². The molecular weight excluding hydrogens is 322 g/mol. The second-order valence-corrected chi connectivity index (χ2v) is 13.5. The van der Waals surface area contributed by atoms with Gasteiger partial charge in [-0.1, -0.05) is 73.0 Å². The van der Waals surface area contributed by atoms with Crippen LogP contribution in [0.5, 0.6) is 0 Å². The maximum atomic E-state index is 9.66. The predicted molar refractivity (Wildman–Crippen MR) is 117 cm³/mol. The number of hydrogen-bond acceptors (Lipinski definition) is 1. The van der Waals surface area contributed by atoms with Gasteiger partial charge in [0.15, 0.2) is 0 Å². The van der Waals surface area contributed by atoms with Crippen LogP contribution in [0.3, 0.4) is 0 Å².